The molecule has 5 heterocycles. The van der Waals surface area contributed by atoms with Gasteiger partial charge in [-0.25, -0.2) is 9.59 Å². The lowest BCUT2D eigenvalue weighted by Gasteiger charge is -2.46. The van der Waals surface area contributed by atoms with Crippen molar-refractivity contribution in [3.05, 3.63) is 24.3 Å². The molecule has 52 heavy (non-hydrogen) atoms. The highest BCUT2D eigenvalue weighted by Crippen LogP contribution is 2.42. The molecule has 2 N–H and O–H groups in total. The third-order valence-corrected chi connectivity index (χ3v) is 11.2. The van der Waals surface area contributed by atoms with Gasteiger partial charge >= 0.3 is 12.1 Å². The Morgan fingerprint density at radius 3 is 2.19 bits per heavy atom. The Hall–Kier alpha value is -2.47. The number of fused-ring (bicyclic) bond motifs is 1. The Bertz CT molecular complexity index is 1320. The van der Waals surface area contributed by atoms with Crippen LogP contribution in [0.4, 0.5) is 4.79 Å². The van der Waals surface area contributed by atoms with Crippen LogP contribution in [0.15, 0.2) is 24.3 Å². The summed E-state index contributed by atoms with van der Waals surface area (Å²) >= 11 is 0. The number of epoxide rings is 1. The van der Waals surface area contributed by atoms with Gasteiger partial charge in [0.15, 0.2) is 24.0 Å². The van der Waals surface area contributed by atoms with E-state index in [1.807, 2.05) is 20.8 Å². The van der Waals surface area contributed by atoms with Crippen LogP contribution in [0, 0.1) is 23.7 Å². The normalized spacial score (nSPS) is 48.7. The van der Waals surface area contributed by atoms with Crippen molar-refractivity contribution in [2.75, 3.05) is 20.8 Å². The average molecular weight is 741 g/mol. The lowest BCUT2D eigenvalue weighted by atomic mass is 9.82. The van der Waals surface area contributed by atoms with Crippen molar-refractivity contribution in [1.29, 1.82) is 0 Å². The Labute approximate surface area is 305 Å². The first-order valence-corrected chi connectivity index (χ1v) is 18.3. The topological polar surface area (TPSA) is 187 Å². The number of aliphatic hydroxyl groups is 2. The maximum absolute atomic E-state index is 13.4. The fourth-order valence-corrected chi connectivity index (χ4v) is 7.99. The van der Waals surface area contributed by atoms with Crippen LogP contribution in [0.25, 0.3) is 0 Å². The minimum absolute atomic E-state index is 0.0493. The molecule has 0 aliphatic carbocycles. The van der Waals surface area contributed by atoms with Crippen molar-refractivity contribution < 1.29 is 72.0 Å². The second-order valence-corrected chi connectivity index (χ2v) is 15.0. The quantitative estimate of drug-likeness (QED) is 0.286. The number of ketones is 1. The zero-order valence-corrected chi connectivity index (χ0v) is 31.4. The van der Waals surface area contributed by atoms with E-state index in [0.717, 1.165) is 0 Å². The van der Waals surface area contributed by atoms with E-state index < -0.39 is 115 Å². The summed E-state index contributed by atoms with van der Waals surface area (Å²) in [5.74, 6) is -2.20. The number of ether oxygens (including phenoxy) is 10. The predicted molar refractivity (Wildman–Crippen MR) is 181 cm³/mol. The Morgan fingerprint density at radius 1 is 0.827 bits per heavy atom. The van der Waals surface area contributed by atoms with Crippen LogP contribution in [-0.4, -0.2) is 134 Å². The Balaban J connectivity index is 1.34. The zero-order valence-electron chi connectivity index (χ0n) is 31.4. The molecule has 15 nitrogen and oxygen atoms in total. The number of allylic oxidation sites excluding steroid dienone is 1. The number of esters is 1. The monoisotopic (exact) mass is 740 g/mol. The number of carbonyl (C=O) groups is 3. The Morgan fingerprint density at radius 2 is 1.54 bits per heavy atom. The van der Waals surface area contributed by atoms with E-state index in [9.17, 15) is 24.6 Å². The highest BCUT2D eigenvalue weighted by Gasteiger charge is 2.61. The van der Waals surface area contributed by atoms with E-state index >= 15 is 0 Å². The van der Waals surface area contributed by atoms with Gasteiger partial charge in [0, 0.05) is 44.5 Å². The average Bonchev–Trinajstić information content (AvgIpc) is 3.79. The van der Waals surface area contributed by atoms with Crippen LogP contribution in [-0.2, 0) is 57.0 Å². The first-order valence-electron chi connectivity index (χ1n) is 18.3. The van der Waals surface area contributed by atoms with E-state index in [4.69, 9.17) is 47.4 Å². The fourth-order valence-electron chi connectivity index (χ4n) is 7.99. The second-order valence-electron chi connectivity index (χ2n) is 15.0. The van der Waals surface area contributed by atoms with Crippen molar-refractivity contribution in [3.63, 3.8) is 0 Å². The number of methoxy groups -OCH3 is 2. The number of hydrogen-bond acceptors (Lipinski definition) is 15. The van der Waals surface area contributed by atoms with Crippen LogP contribution in [0.3, 0.4) is 0 Å². The maximum atomic E-state index is 13.4. The smallest absolute Gasteiger partial charge is 0.459 e. The van der Waals surface area contributed by atoms with E-state index in [1.54, 1.807) is 39.8 Å². The van der Waals surface area contributed by atoms with Crippen LogP contribution >= 0.6 is 0 Å². The molecule has 1 spiro atoms. The van der Waals surface area contributed by atoms with Crippen molar-refractivity contribution in [1.82, 2.24) is 0 Å². The summed E-state index contributed by atoms with van der Waals surface area (Å²) in [7, 11) is 2.96. The molecule has 0 radical (unpaired) electrons. The van der Waals surface area contributed by atoms with E-state index in [0.29, 0.717) is 6.42 Å². The highest BCUT2D eigenvalue weighted by molar-refractivity contribution is 5.91. The molecule has 0 saturated carbocycles. The summed E-state index contributed by atoms with van der Waals surface area (Å²) in [6.07, 6.45) is -3.65. The van der Waals surface area contributed by atoms with E-state index in [1.165, 1.54) is 26.4 Å². The van der Waals surface area contributed by atoms with Gasteiger partial charge in [-0.2, -0.15) is 0 Å². The molecule has 15 heteroatoms. The largest absolute Gasteiger partial charge is 0.509 e. The van der Waals surface area contributed by atoms with Gasteiger partial charge in [0.1, 0.15) is 42.7 Å². The summed E-state index contributed by atoms with van der Waals surface area (Å²) < 4.78 is 58.3. The van der Waals surface area contributed by atoms with Gasteiger partial charge in [0.05, 0.1) is 31.0 Å². The number of cyclic esters (lactones) is 2. The van der Waals surface area contributed by atoms with Gasteiger partial charge < -0.3 is 57.6 Å². The molecule has 0 aromatic rings. The van der Waals surface area contributed by atoms with Crippen molar-refractivity contribution in [3.8, 4) is 0 Å². The third-order valence-electron chi connectivity index (χ3n) is 11.2. The number of carbonyl (C=O) groups excluding carboxylic acids is 3. The van der Waals surface area contributed by atoms with Gasteiger partial charge in [-0.1, -0.05) is 26.8 Å². The molecule has 4 saturated heterocycles. The van der Waals surface area contributed by atoms with Crippen LogP contribution in [0.5, 0.6) is 0 Å². The minimum Gasteiger partial charge on any atom is -0.459 e. The second kappa shape index (κ2) is 16.9. The molecule has 4 fully saturated rings. The zero-order chi connectivity index (χ0) is 38.1. The van der Waals surface area contributed by atoms with E-state index in [2.05, 4.69) is 0 Å². The summed E-state index contributed by atoms with van der Waals surface area (Å²) in [4.78, 5) is 38.7. The SMILES string of the molecule is CO[C@H]1[C@H](OC[C@@H]2[C@@H]3O[C@@H]3/C=C\C(=O)[C@@H](C)C[C@@H](C)[C@@H](O[C@@H]3O[C@H](C)C[C@@]4(OC(=O)O[C@H]4C)[C@H]3O)[C@@H](C)/C=C\C(=O)O[C@H]2C)O[C@H](C)[C@@H](O)[C@@H]1OC. The molecular formula is C37H56O15. The number of rotatable bonds is 7. The maximum Gasteiger partial charge on any atom is 0.509 e. The lowest BCUT2D eigenvalue weighted by Crippen LogP contribution is -2.62. The van der Waals surface area contributed by atoms with Gasteiger partial charge in [0.2, 0.25) is 0 Å². The first kappa shape index (κ1) is 40.7. The summed E-state index contributed by atoms with van der Waals surface area (Å²) in [5.41, 5.74) is -1.35. The summed E-state index contributed by atoms with van der Waals surface area (Å²) in [6, 6.07) is 0. The molecule has 18 atom stereocenters. The molecule has 0 amide bonds. The molecular weight excluding hydrogens is 684 g/mol. The standard InChI is InChI=1S/C37H56O15/c1-17-10-13-27(39)47-21(5)24(16-45-34-32(44-9)31(43-8)28(40)22(6)48-34)30-26(50-30)12-11-25(38)18(2)14-19(3)29(17)51-35-33(41)37(15-20(4)46-35)23(7)49-36(42)52-37/h10-13,17-24,26,28-35,40-41H,14-16H2,1-9H3/b12-11-,13-10-/t17-,18-,19+,20+,21-,22+,23-,24-,26+,28+,29-,30-,31-,32+,33-,34+,35-,37-/m0/s1. The highest BCUT2D eigenvalue weighted by atomic mass is 16.8. The van der Waals surface area contributed by atoms with Crippen molar-refractivity contribution in [2.45, 2.75) is 147 Å². The lowest BCUT2D eigenvalue weighted by molar-refractivity contribution is -0.308. The van der Waals surface area contributed by atoms with Gasteiger partial charge in [0.25, 0.3) is 0 Å². The first-order chi connectivity index (χ1) is 24.6. The molecule has 0 unspecified atom stereocenters. The predicted octanol–water partition coefficient (Wildman–Crippen LogP) is 2.62. The molecule has 5 aliphatic rings. The van der Waals surface area contributed by atoms with Gasteiger partial charge in [-0.3, -0.25) is 4.79 Å². The Kier molecular flexibility index (Phi) is 13.2. The van der Waals surface area contributed by atoms with Gasteiger partial charge in [-0.05, 0) is 52.2 Å². The molecule has 5 aliphatic heterocycles. The van der Waals surface area contributed by atoms with Crippen molar-refractivity contribution >= 4 is 17.9 Å². The molecule has 5 rings (SSSR count). The molecule has 294 valence electrons. The van der Waals surface area contributed by atoms with Crippen LogP contribution in [0.2, 0.25) is 0 Å². The summed E-state index contributed by atoms with van der Waals surface area (Å²) in [6.45, 7) is 12.6. The van der Waals surface area contributed by atoms with Crippen LogP contribution < -0.4 is 0 Å². The fraction of sp³-hybridized carbons (Fsp3) is 0.811. The molecule has 0 bridgehead atoms. The van der Waals surface area contributed by atoms with E-state index in [-0.39, 0.29) is 24.7 Å². The number of hydrogen-bond donors (Lipinski definition) is 2. The molecule has 0 aromatic heterocycles. The van der Waals surface area contributed by atoms with Gasteiger partial charge in [-0.15, -0.1) is 0 Å². The number of aliphatic hydroxyl groups excluding tert-OH is 2. The minimum atomic E-state index is -1.36. The van der Waals surface area contributed by atoms with Crippen LogP contribution in [0.1, 0.15) is 61.3 Å². The molecule has 0 aromatic carbocycles. The summed E-state index contributed by atoms with van der Waals surface area (Å²) in [5, 5.41) is 22.0. The third kappa shape index (κ3) is 8.74. The van der Waals surface area contributed by atoms with Crippen molar-refractivity contribution in [2.24, 2.45) is 23.7 Å².